The molecule has 3 atom stereocenters. The molecule has 4 rings (SSSR count). The molecule has 3 unspecified atom stereocenters. The lowest BCUT2D eigenvalue weighted by Crippen LogP contribution is -2.26. The second-order valence-corrected chi connectivity index (χ2v) is 9.44. The second kappa shape index (κ2) is 11.0. The van der Waals surface area contributed by atoms with Gasteiger partial charge in [-0.2, -0.15) is 5.26 Å². The Bertz CT molecular complexity index is 1150. The van der Waals surface area contributed by atoms with Crippen molar-refractivity contribution in [2.45, 2.75) is 50.2 Å². The van der Waals surface area contributed by atoms with Crippen LogP contribution in [0.25, 0.3) is 11.0 Å². The van der Waals surface area contributed by atoms with E-state index in [-0.39, 0.29) is 12.3 Å². The van der Waals surface area contributed by atoms with Crippen molar-refractivity contribution in [2.75, 3.05) is 19.4 Å². The van der Waals surface area contributed by atoms with Crippen LogP contribution in [-0.4, -0.2) is 50.3 Å². The highest BCUT2D eigenvalue weighted by atomic mass is 32.2. The van der Waals surface area contributed by atoms with Crippen LogP contribution in [0.15, 0.2) is 41.7 Å². The van der Waals surface area contributed by atoms with Gasteiger partial charge in [0.05, 0.1) is 24.2 Å². The van der Waals surface area contributed by atoms with E-state index >= 15 is 0 Å². The third kappa shape index (κ3) is 6.59. The van der Waals surface area contributed by atoms with Crippen LogP contribution in [-0.2, 0) is 4.74 Å². The molecule has 5 N–H and O–H groups in total. The van der Waals surface area contributed by atoms with Gasteiger partial charge in [0.2, 0.25) is 0 Å². The molecule has 1 aliphatic rings. The number of nitriles is 1. The summed E-state index contributed by atoms with van der Waals surface area (Å²) in [6.07, 6.45) is 4.31. The Kier molecular flexibility index (Phi) is 8.35. The molecule has 0 amide bonds. The second-order valence-electron chi connectivity index (χ2n) is 8.48. The molecule has 2 aromatic heterocycles. The van der Waals surface area contributed by atoms with Crippen molar-refractivity contribution in [2.24, 2.45) is 5.92 Å². The third-order valence-electron chi connectivity index (χ3n) is 5.16. The van der Waals surface area contributed by atoms with E-state index in [0.29, 0.717) is 29.6 Å². The number of anilines is 1. The van der Waals surface area contributed by atoms with E-state index in [9.17, 15) is 5.26 Å². The number of nitrogens with one attached hydrogen (secondary N) is 1. The van der Waals surface area contributed by atoms with Gasteiger partial charge in [-0.25, -0.2) is 9.97 Å². The van der Waals surface area contributed by atoms with Gasteiger partial charge >= 0.3 is 0 Å². The minimum absolute atomic E-state index is 0.0674. The summed E-state index contributed by atoms with van der Waals surface area (Å²) in [5.41, 5.74) is 7.25. The normalized spacial score (nSPS) is 20.0. The van der Waals surface area contributed by atoms with Crippen molar-refractivity contribution in [1.82, 2.24) is 19.3 Å². The smallest absolute Gasteiger partial charge is 0.156 e. The van der Waals surface area contributed by atoms with Crippen LogP contribution in [0.4, 0.5) is 5.82 Å². The molecule has 1 saturated heterocycles. The Hall–Kier alpha value is -2.88. The Morgan fingerprint density at radius 3 is 2.76 bits per heavy atom. The Balaban J connectivity index is 0.000000588. The first-order valence-corrected chi connectivity index (χ1v) is 11.6. The largest absolute Gasteiger partial charge is 0.495 e. The summed E-state index contributed by atoms with van der Waals surface area (Å²) in [4.78, 5) is 9.36. The van der Waals surface area contributed by atoms with Crippen molar-refractivity contribution in [3.63, 3.8) is 0 Å². The van der Waals surface area contributed by atoms with Gasteiger partial charge in [-0.15, -0.1) is 0 Å². The zero-order valence-electron chi connectivity index (χ0n) is 19.6. The SMILES string of the molecule is CC(C)(O)O.COc1ccc(SNCC2OC(n3ccc4c(N)ncnc43)CC2C)cc1C#N. The Labute approximate surface area is 202 Å². The average Bonchev–Trinajstić information content (AvgIpc) is 3.37. The molecule has 34 heavy (non-hydrogen) atoms. The first kappa shape index (κ1) is 25.7. The number of nitrogen functional groups attached to an aromatic ring is 1. The minimum atomic E-state index is -1.50. The van der Waals surface area contributed by atoms with Gasteiger partial charge in [-0.3, -0.25) is 4.72 Å². The lowest BCUT2D eigenvalue weighted by atomic mass is 10.0. The number of aliphatic hydroxyl groups is 2. The maximum absolute atomic E-state index is 9.22. The lowest BCUT2D eigenvalue weighted by Gasteiger charge is -2.17. The van der Waals surface area contributed by atoms with Gasteiger partial charge in [-0.05, 0) is 62.4 Å². The van der Waals surface area contributed by atoms with E-state index in [1.807, 2.05) is 29.0 Å². The quantitative estimate of drug-likeness (QED) is 0.302. The summed E-state index contributed by atoms with van der Waals surface area (Å²) < 4.78 is 16.9. The van der Waals surface area contributed by atoms with Crippen LogP contribution in [0.1, 0.15) is 39.0 Å². The van der Waals surface area contributed by atoms with Crippen molar-refractivity contribution in [1.29, 1.82) is 5.26 Å². The number of aromatic nitrogens is 3. The van der Waals surface area contributed by atoms with Crippen LogP contribution in [0.2, 0.25) is 0 Å². The van der Waals surface area contributed by atoms with Crippen LogP contribution < -0.4 is 15.2 Å². The highest BCUT2D eigenvalue weighted by Gasteiger charge is 2.33. The fraction of sp³-hybridized carbons (Fsp3) is 0.435. The number of methoxy groups -OCH3 is 1. The molecule has 182 valence electrons. The third-order valence-corrected chi connectivity index (χ3v) is 5.96. The van der Waals surface area contributed by atoms with E-state index in [0.717, 1.165) is 22.3 Å². The molecular formula is C23H30N6O4S. The molecule has 0 radical (unpaired) electrons. The summed E-state index contributed by atoms with van der Waals surface area (Å²) >= 11 is 1.48. The van der Waals surface area contributed by atoms with Gasteiger partial charge in [-0.1, -0.05) is 6.92 Å². The predicted octanol–water partition coefficient (Wildman–Crippen LogP) is 2.82. The van der Waals surface area contributed by atoms with Crippen LogP contribution in [0.5, 0.6) is 5.75 Å². The zero-order valence-corrected chi connectivity index (χ0v) is 20.4. The van der Waals surface area contributed by atoms with Crippen molar-refractivity contribution in [3.8, 4) is 11.8 Å². The van der Waals surface area contributed by atoms with E-state index in [1.165, 1.54) is 32.1 Å². The molecule has 1 aliphatic heterocycles. The first-order valence-electron chi connectivity index (χ1n) is 10.8. The predicted molar refractivity (Wildman–Crippen MR) is 130 cm³/mol. The fourth-order valence-electron chi connectivity index (χ4n) is 3.56. The Morgan fingerprint density at radius 2 is 2.09 bits per heavy atom. The number of nitrogens with zero attached hydrogens (tertiary/aromatic N) is 4. The monoisotopic (exact) mass is 486 g/mol. The summed E-state index contributed by atoms with van der Waals surface area (Å²) in [6, 6.07) is 9.62. The molecule has 1 aromatic carbocycles. The number of hydrogen-bond donors (Lipinski definition) is 4. The number of rotatable bonds is 6. The highest BCUT2D eigenvalue weighted by molar-refractivity contribution is 7.97. The van der Waals surface area contributed by atoms with Crippen molar-refractivity contribution in [3.05, 3.63) is 42.4 Å². The Morgan fingerprint density at radius 1 is 1.35 bits per heavy atom. The lowest BCUT2D eigenvalue weighted by molar-refractivity contribution is -0.127. The summed E-state index contributed by atoms with van der Waals surface area (Å²) in [5.74, 6) is -0.0586. The van der Waals surface area contributed by atoms with E-state index in [1.54, 1.807) is 13.2 Å². The number of fused-ring (bicyclic) bond motifs is 1. The van der Waals surface area contributed by atoms with Gasteiger partial charge in [0.25, 0.3) is 0 Å². The molecule has 3 heterocycles. The fourth-order valence-corrected chi connectivity index (χ4v) is 4.28. The molecular weight excluding hydrogens is 456 g/mol. The average molecular weight is 487 g/mol. The van der Waals surface area contributed by atoms with Gasteiger partial charge < -0.3 is 30.0 Å². The molecule has 10 nitrogen and oxygen atoms in total. The van der Waals surface area contributed by atoms with Gasteiger partial charge in [0, 0.05) is 17.6 Å². The molecule has 1 fully saturated rings. The molecule has 0 aliphatic carbocycles. The number of benzene rings is 1. The summed E-state index contributed by atoms with van der Waals surface area (Å²) in [7, 11) is 1.56. The number of ether oxygens (including phenoxy) is 2. The molecule has 0 spiro atoms. The van der Waals surface area contributed by atoms with Gasteiger partial charge in [0.1, 0.15) is 35.8 Å². The number of nitrogens with two attached hydrogens (primary N) is 1. The van der Waals surface area contributed by atoms with Crippen LogP contribution >= 0.6 is 11.9 Å². The van der Waals surface area contributed by atoms with Crippen LogP contribution in [0, 0.1) is 17.2 Å². The minimum Gasteiger partial charge on any atom is -0.495 e. The molecule has 3 aromatic rings. The summed E-state index contributed by atoms with van der Waals surface area (Å²) in [5, 5.41) is 26.2. The molecule has 11 heteroatoms. The van der Waals surface area contributed by atoms with E-state index in [2.05, 4.69) is 27.7 Å². The summed E-state index contributed by atoms with van der Waals surface area (Å²) in [6.45, 7) is 5.47. The van der Waals surface area contributed by atoms with Crippen molar-refractivity contribution < 1.29 is 19.7 Å². The molecule has 0 bridgehead atoms. The van der Waals surface area contributed by atoms with Gasteiger partial charge in [0.15, 0.2) is 5.79 Å². The molecule has 0 saturated carbocycles. The zero-order chi connectivity index (χ0) is 24.9. The van der Waals surface area contributed by atoms with E-state index < -0.39 is 5.79 Å². The van der Waals surface area contributed by atoms with Crippen LogP contribution in [0.3, 0.4) is 0 Å². The van der Waals surface area contributed by atoms with E-state index in [4.69, 9.17) is 25.4 Å². The van der Waals surface area contributed by atoms with Crippen molar-refractivity contribution >= 4 is 28.8 Å². The maximum Gasteiger partial charge on any atom is 0.156 e. The highest BCUT2D eigenvalue weighted by Crippen LogP contribution is 2.35. The standard InChI is InChI=1S/C20H22N6O2S.C3H8O2/c1-12-7-18(26-6-5-15-19(22)23-11-24-20(15)26)28-17(12)10-25-29-14-3-4-16(27-2)13(8-14)9-21;1-3(2,4)5/h3-6,8,11-12,17-18,25H,7,10H2,1-2H3,(H2,22,23,24);4-5H,1-2H3. The topological polar surface area (TPSA) is 151 Å². The number of hydrogen-bond acceptors (Lipinski definition) is 10. The first-order chi connectivity index (χ1) is 16.1. The maximum atomic E-state index is 9.22.